The van der Waals surface area contributed by atoms with Gasteiger partial charge in [-0.2, -0.15) is 0 Å². The van der Waals surface area contributed by atoms with Gasteiger partial charge >= 0.3 is 0 Å². The lowest BCUT2D eigenvalue weighted by Gasteiger charge is -2.35. The van der Waals surface area contributed by atoms with Gasteiger partial charge < -0.3 is 14.7 Å². The smallest absolute Gasteiger partial charge is 0.136 e. The van der Waals surface area contributed by atoms with Gasteiger partial charge in [-0.15, -0.1) is 11.8 Å². The van der Waals surface area contributed by atoms with Gasteiger partial charge in [-0.25, -0.2) is 0 Å². The van der Waals surface area contributed by atoms with E-state index in [1.807, 2.05) is 12.3 Å². The third kappa shape index (κ3) is 3.77. The predicted octanol–water partition coefficient (Wildman–Crippen LogP) is 2.17. The lowest BCUT2D eigenvalue weighted by Crippen LogP contribution is -2.47. The average molecular weight is 312 g/mol. The summed E-state index contributed by atoms with van der Waals surface area (Å²) in [7, 11) is 1.64. The molecule has 1 aliphatic rings. The molecule has 110 valence electrons. The predicted molar refractivity (Wildman–Crippen MR) is 87.6 cm³/mol. The van der Waals surface area contributed by atoms with Crippen molar-refractivity contribution in [1.29, 1.82) is 0 Å². The van der Waals surface area contributed by atoms with E-state index < -0.39 is 0 Å². The molecular formula is C14H20N2O2S2. The first-order chi connectivity index (χ1) is 9.63. The Balaban J connectivity index is 1.94. The Labute approximate surface area is 129 Å². The molecule has 6 heteroatoms. The summed E-state index contributed by atoms with van der Waals surface area (Å²) >= 11 is 6.94. The van der Waals surface area contributed by atoms with Crippen LogP contribution in [0.3, 0.4) is 0 Å². The lowest BCUT2D eigenvalue weighted by molar-refractivity contribution is 0.177. The van der Waals surface area contributed by atoms with Gasteiger partial charge in [-0.3, -0.25) is 4.90 Å². The maximum Gasteiger partial charge on any atom is 0.136 e. The Morgan fingerprint density at radius 2 is 2.05 bits per heavy atom. The maximum absolute atomic E-state index is 9.92. The summed E-state index contributed by atoms with van der Waals surface area (Å²) < 4.78 is 6.17. The number of methoxy groups -OCH3 is 1. The van der Waals surface area contributed by atoms with Crippen molar-refractivity contribution in [2.24, 2.45) is 0 Å². The highest BCUT2D eigenvalue weighted by Crippen LogP contribution is 2.24. The number of rotatable bonds is 3. The van der Waals surface area contributed by atoms with Crippen LogP contribution in [0.1, 0.15) is 5.56 Å². The van der Waals surface area contributed by atoms with E-state index in [4.69, 9.17) is 17.0 Å². The first-order valence-electron chi connectivity index (χ1n) is 6.55. The SMILES string of the molecule is COc1ccc(O)c(CN2CCN(C(=S)SC)CC2)c1. The van der Waals surface area contributed by atoms with Gasteiger partial charge in [0.15, 0.2) is 0 Å². The van der Waals surface area contributed by atoms with E-state index in [0.717, 1.165) is 48.4 Å². The van der Waals surface area contributed by atoms with E-state index in [2.05, 4.69) is 9.80 Å². The van der Waals surface area contributed by atoms with Gasteiger partial charge in [0.1, 0.15) is 15.8 Å². The third-order valence-electron chi connectivity index (χ3n) is 3.49. The molecule has 0 bridgehead atoms. The lowest BCUT2D eigenvalue weighted by atomic mass is 10.1. The number of piperazine rings is 1. The van der Waals surface area contributed by atoms with Gasteiger partial charge in [0.25, 0.3) is 0 Å². The topological polar surface area (TPSA) is 35.9 Å². The first kappa shape index (κ1) is 15.4. The zero-order chi connectivity index (χ0) is 14.5. The molecule has 2 rings (SSSR count). The molecule has 1 aromatic rings. The van der Waals surface area contributed by atoms with Crippen LogP contribution in [-0.4, -0.2) is 58.8 Å². The van der Waals surface area contributed by atoms with Crippen molar-refractivity contribution in [2.45, 2.75) is 6.54 Å². The van der Waals surface area contributed by atoms with Crippen LogP contribution in [0.25, 0.3) is 0 Å². The molecule has 0 atom stereocenters. The van der Waals surface area contributed by atoms with Gasteiger partial charge in [-0.1, -0.05) is 12.2 Å². The molecule has 1 aromatic carbocycles. The molecule has 0 aliphatic carbocycles. The minimum Gasteiger partial charge on any atom is -0.508 e. The van der Waals surface area contributed by atoms with E-state index in [9.17, 15) is 5.11 Å². The van der Waals surface area contributed by atoms with Crippen LogP contribution in [0.4, 0.5) is 0 Å². The number of thioether (sulfide) groups is 1. The number of phenols is 1. The van der Waals surface area contributed by atoms with Crippen molar-refractivity contribution in [3.63, 3.8) is 0 Å². The Kier molecular flexibility index (Phi) is 5.51. The fourth-order valence-electron chi connectivity index (χ4n) is 2.27. The molecule has 0 radical (unpaired) electrons. The van der Waals surface area contributed by atoms with Gasteiger partial charge in [-0.05, 0) is 24.5 Å². The summed E-state index contributed by atoms with van der Waals surface area (Å²) in [5.41, 5.74) is 0.908. The Bertz CT molecular complexity index is 474. The van der Waals surface area contributed by atoms with Crippen LogP contribution in [0.2, 0.25) is 0 Å². The largest absolute Gasteiger partial charge is 0.508 e. The number of thiocarbonyl (C=S) groups is 1. The normalized spacial score (nSPS) is 16.2. The molecule has 4 nitrogen and oxygen atoms in total. The van der Waals surface area contributed by atoms with Crippen molar-refractivity contribution in [1.82, 2.24) is 9.80 Å². The van der Waals surface area contributed by atoms with Crippen molar-refractivity contribution < 1.29 is 9.84 Å². The molecule has 1 heterocycles. The van der Waals surface area contributed by atoms with Crippen LogP contribution in [0.5, 0.6) is 11.5 Å². The van der Waals surface area contributed by atoms with Gasteiger partial charge in [0.2, 0.25) is 0 Å². The number of nitrogens with zero attached hydrogens (tertiary/aromatic N) is 2. The average Bonchev–Trinajstić information content (AvgIpc) is 2.49. The number of phenolic OH excluding ortho intramolecular Hbond substituents is 1. The van der Waals surface area contributed by atoms with E-state index in [0.29, 0.717) is 5.75 Å². The standard InChI is InChI=1S/C14H20N2O2S2/c1-18-12-3-4-13(17)11(9-12)10-15-5-7-16(8-6-15)14(19)20-2/h3-4,9,17H,5-8,10H2,1-2H3. The van der Waals surface area contributed by atoms with E-state index in [-0.39, 0.29) is 0 Å². The fraction of sp³-hybridized carbons (Fsp3) is 0.500. The molecule has 1 saturated heterocycles. The molecule has 1 N–H and O–H groups in total. The molecule has 0 spiro atoms. The third-order valence-corrected chi connectivity index (χ3v) is 4.85. The molecular weight excluding hydrogens is 292 g/mol. The van der Waals surface area contributed by atoms with Crippen molar-refractivity contribution in [2.75, 3.05) is 39.5 Å². The Morgan fingerprint density at radius 3 is 2.65 bits per heavy atom. The highest BCUT2D eigenvalue weighted by molar-refractivity contribution is 8.22. The van der Waals surface area contributed by atoms with Crippen molar-refractivity contribution >= 4 is 28.3 Å². The molecule has 20 heavy (non-hydrogen) atoms. The summed E-state index contributed by atoms with van der Waals surface area (Å²) in [5.74, 6) is 1.10. The highest BCUT2D eigenvalue weighted by Gasteiger charge is 2.19. The van der Waals surface area contributed by atoms with Crippen LogP contribution in [0.15, 0.2) is 18.2 Å². The van der Waals surface area contributed by atoms with Crippen LogP contribution >= 0.6 is 24.0 Å². The molecule has 0 saturated carbocycles. The summed E-state index contributed by atoms with van der Waals surface area (Å²) in [6.07, 6.45) is 2.02. The van der Waals surface area contributed by atoms with E-state index >= 15 is 0 Å². The monoisotopic (exact) mass is 312 g/mol. The number of hydrogen-bond donors (Lipinski definition) is 1. The van der Waals surface area contributed by atoms with Gasteiger partial charge in [0.05, 0.1) is 7.11 Å². The number of hydrogen-bond acceptors (Lipinski definition) is 5. The second-order valence-electron chi connectivity index (χ2n) is 4.73. The zero-order valence-corrected chi connectivity index (χ0v) is 13.5. The van der Waals surface area contributed by atoms with E-state index in [1.54, 1.807) is 31.0 Å². The minimum absolute atomic E-state index is 0.327. The summed E-state index contributed by atoms with van der Waals surface area (Å²) in [5, 5.41) is 9.92. The Morgan fingerprint density at radius 1 is 1.35 bits per heavy atom. The van der Waals surface area contributed by atoms with Gasteiger partial charge in [0, 0.05) is 38.3 Å². The number of ether oxygens (including phenoxy) is 1. The Hall–Kier alpha value is -0.980. The molecule has 0 aromatic heterocycles. The first-order valence-corrected chi connectivity index (χ1v) is 8.18. The maximum atomic E-state index is 9.92. The molecule has 0 amide bonds. The zero-order valence-electron chi connectivity index (χ0n) is 11.8. The second-order valence-corrected chi connectivity index (χ2v) is 6.17. The summed E-state index contributed by atoms with van der Waals surface area (Å²) in [6.45, 7) is 4.55. The molecule has 1 aliphatic heterocycles. The van der Waals surface area contributed by atoms with Crippen LogP contribution in [0, 0.1) is 0 Å². The highest BCUT2D eigenvalue weighted by atomic mass is 32.2. The quantitative estimate of drug-likeness (QED) is 0.862. The molecule has 0 unspecified atom stereocenters. The summed E-state index contributed by atoms with van der Waals surface area (Å²) in [4.78, 5) is 4.57. The number of benzene rings is 1. The van der Waals surface area contributed by atoms with E-state index in [1.165, 1.54) is 0 Å². The second kappa shape index (κ2) is 7.15. The van der Waals surface area contributed by atoms with Crippen LogP contribution in [-0.2, 0) is 6.54 Å². The minimum atomic E-state index is 0.327. The number of aromatic hydroxyl groups is 1. The van der Waals surface area contributed by atoms with Crippen molar-refractivity contribution in [3.05, 3.63) is 23.8 Å². The summed E-state index contributed by atoms with van der Waals surface area (Å²) in [6, 6.07) is 5.36. The van der Waals surface area contributed by atoms with Crippen LogP contribution < -0.4 is 4.74 Å². The fourth-order valence-corrected chi connectivity index (χ4v) is 2.90. The molecule has 1 fully saturated rings. The van der Waals surface area contributed by atoms with Crippen molar-refractivity contribution in [3.8, 4) is 11.5 Å².